The van der Waals surface area contributed by atoms with Crippen LogP contribution in [-0.2, 0) is 11.3 Å². The quantitative estimate of drug-likeness (QED) is 0.937. The minimum Gasteiger partial charge on any atom is -0.480 e. The molecule has 2 unspecified atom stereocenters. The van der Waals surface area contributed by atoms with Crippen LogP contribution >= 0.6 is 0 Å². The van der Waals surface area contributed by atoms with Crippen molar-refractivity contribution in [1.29, 1.82) is 0 Å². The van der Waals surface area contributed by atoms with Gasteiger partial charge in [-0.1, -0.05) is 49.4 Å². The first-order chi connectivity index (χ1) is 10.1. The summed E-state index contributed by atoms with van der Waals surface area (Å²) in [6, 6.07) is 14.2. The summed E-state index contributed by atoms with van der Waals surface area (Å²) < 4.78 is 0. The molecule has 3 rings (SSSR count). The minimum absolute atomic E-state index is 0.354. The molecule has 1 fully saturated rings. The van der Waals surface area contributed by atoms with E-state index >= 15 is 0 Å². The maximum absolute atomic E-state index is 11.5. The fourth-order valence-corrected chi connectivity index (χ4v) is 3.29. The van der Waals surface area contributed by atoms with Crippen LogP contribution in [0.2, 0.25) is 0 Å². The monoisotopic (exact) mass is 283 g/mol. The molecule has 1 saturated heterocycles. The number of carboxylic acid groups (broad SMARTS) is 1. The van der Waals surface area contributed by atoms with Gasteiger partial charge in [-0.3, -0.25) is 9.69 Å². The van der Waals surface area contributed by atoms with Crippen molar-refractivity contribution >= 4 is 16.7 Å². The zero-order valence-corrected chi connectivity index (χ0v) is 12.3. The van der Waals surface area contributed by atoms with E-state index in [2.05, 4.69) is 42.2 Å². The van der Waals surface area contributed by atoms with Gasteiger partial charge in [-0.15, -0.1) is 0 Å². The van der Waals surface area contributed by atoms with Gasteiger partial charge in [0.25, 0.3) is 0 Å². The van der Waals surface area contributed by atoms with Crippen LogP contribution in [0.15, 0.2) is 42.5 Å². The van der Waals surface area contributed by atoms with Crippen LogP contribution in [0.25, 0.3) is 10.8 Å². The van der Waals surface area contributed by atoms with E-state index in [1.54, 1.807) is 0 Å². The molecule has 110 valence electrons. The average molecular weight is 283 g/mol. The predicted octanol–water partition coefficient (Wildman–Crippen LogP) is 3.52. The van der Waals surface area contributed by atoms with Gasteiger partial charge in [0.05, 0.1) is 0 Å². The van der Waals surface area contributed by atoms with E-state index in [0.717, 1.165) is 19.4 Å². The number of carboxylic acids is 1. The maximum Gasteiger partial charge on any atom is 0.320 e. The van der Waals surface area contributed by atoms with Crippen molar-refractivity contribution in [3.8, 4) is 0 Å². The minimum atomic E-state index is -0.693. The van der Waals surface area contributed by atoms with Gasteiger partial charge in [-0.25, -0.2) is 0 Å². The largest absolute Gasteiger partial charge is 0.480 e. The number of carbonyl (C=O) groups is 1. The molecular weight excluding hydrogens is 262 g/mol. The molecule has 3 nitrogen and oxygen atoms in total. The van der Waals surface area contributed by atoms with E-state index in [1.807, 2.05) is 12.1 Å². The Bertz CT molecular complexity index is 647. The average Bonchev–Trinajstić information content (AvgIpc) is 2.49. The van der Waals surface area contributed by atoms with Gasteiger partial charge in [0.1, 0.15) is 6.04 Å². The van der Waals surface area contributed by atoms with Crippen LogP contribution in [0, 0.1) is 5.92 Å². The number of benzene rings is 2. The molecule has 1 aliphatic rings. The molecule has 2 aromatic rings. The standard InChI is InChI=1S/C18H21NO2/c1-13-9-10-19(17(11-13)18(20)21)12-15-7-4-6-14-5-2-3-8-16(14)15/h2-8,13,17H,9-12H2,1H3,(H,20,21). The number of rotatable bonds is 3. The third-order valence-electron chi connectivity index (χ3n) is 4.51. The highest BCUT2D eigenvalue weighted by Gasteiger charge is 2.31. The Morgan fingerprint density at radius 3 is 2.81 bits per heavy atom. The van der Waals surface area contributed by atoms with Crippen molar-refractivity contribution in [2.45, 2.75) is 32.4 Å². The van der Waals surface area contributed by atoms with Crippen LogP contribution < -0.4 is 0 Å². The topological polar surface area (TPSA) is 40.5 Å². The van der Waals surface area contributed by atoms with Crippen molar-refractivity contribution in [3.05, 3.63) is 48.0 Å². The second kappa shape index (κ2) is 5.86. The van der Waals surface area contributed by atoms with Gasteiger partial charge in [-0.2, -0.15) is 0 Å². The SMILES string of the molecule is CC1CCN(Cc2cccc3ccccc23)C(C(=O)O)C1. The Labute approximate surface area is 125 Å². The number of hydrogen-bond donors (Lipinski definition) is 1. The Kier molecular flexibility index (Phi) is 3.93. The molecule has 0 aromatic heterocycles. The number of piperidine rings is 1. The van der Waals surface area contributed by atoms with Crippen molar-refractivity contribution in [1.82, 2.24) is 4.90 Å². The molecule has 1 heterocycles. The van der Waals surface area contributed by atoms with E-state index in [9.17, 15) is 9.90 Å². The molecule has 0 amide bonds. The van der Waals surface area contributed by atoms with Crippen LogP contribution in [0.5, 0.6) is 0 Å². The summed E-state index contributed by atoms with van der Waals surface area (Å²) in [5.74, 6) is -0.198. The number of nitrogens with zero attached hydrogens (tertiary/aromatic N) is 1. The molecular formula is C18H21NO2. The number of hydrogen-bond acceptors (Lipinski definition) is 2. The molecule has 1 N–H and O–H groups in total. The lowest BCUT2D eigenvalue weighted by Crippen LogP contribution is -2.46. The summed E-state index contributed by atoms with van der Waals surface area (Å²) in [5.41, 5.74) is 1.22. The first-order valence-corrected chi connectivity index (χ1v) is 7.58. The highest BCUT2D eigenvalue weighted by molar-refractivity contribution is 5.85. The van der Waals surface area contributed by atoms with E-state index < -0.39 is 5.97 Å². The molecule has 0 saturated carbocycles. The van der Waals surface area contributed by atoms with Crippen molar-refractivity contribution in [3.63, 3.8) is 0 Å². The van der Waals surface area contributed by atoms with E-state index in [0.29, 0.717) is 12.5 Å². The lowest BCUT2D eigenvalue weighted by molar-refractivity contribution is -0.145. The Balaban J connectivity index is 1.88. The molecule has 0 bridgehead atoms. The Morgan fingerprint density at radius 1 is 1.24 bits per heavy atom. The van der Waals surface area contributed by atoms with Crippen LogP contribution in [0.3, 0.4) is 0 Å². The van der Waals surface area contributed by atoms with Gasteiger partial charge in [0, 0.05) is 6.54 Å². The van der Waals surface area contributed by atoms with Gasteiger partial charge in [0.15, 0.2) is 0 Å². The second-order valence-electron chi connectivity index (χ2n) is 6.09. The van der Waals surface area contributed by atoms with Gasteiger partial charge >= 0.3 is 5.97 Å². The van der Waals surface area contributed by atoms with Crippen molar-refractivity contribution in [2.75, 3.05) is 6.54 Å². The Hall–Kier alpha value is -1.87. The molecule has 2 atom stereocenters. The zero-order chi connectivity index (χ0) is 14.8. The lowest BCUT2D eigenvalue weighted by Gasteiger charge is -2.36. The van der Waals surface area contributed by atoms with Crippen LogP contribution in [-0.4, -0.2) is 28.6 Å². The second-order valence-corrected chi connectivity index (χ2v) is 6.09. The molecule has 0 spiro atoms. The first-order valence-electron chi connectivity index (χ1n) is 7.58. The zero-order valence-electron chi connectivity index (χ0n) is 12.3. The van der Waals surface area contributed by atoms with Gasteiger partial charge in [0.2, 0.25) is 0 Å². The molecule has 0 aliphatic carbocycles. The third-order valence-corrected chi connectivity index (χ3v) is 4.51. The molecule has 0 radical (unpaired) electrons. The number of likely N-dealkylation sites (tertiary alicyclic amines) is 1. The van der Waals surface area contributed by atoms with E-state index in [4.69, 9.17) is 0 Å². The molecule has 21 heavy (non-hydrogen) atoms. The fourth-order valence-electron chi connectivity index (χ4n) is 3.29. The number of aliphatic carboxylic acids is 1. The summed E-state index contributed by atoms with van der Waals surface area (Å²) in [4.78, 5) is 13.6. The smallest absolute Gasteiger partial charge is 0.320 e. The van der Waals surface area contributed by atoms with Crippen LogP contribution in [0.4, 0.5) is 0 Å². The molecule has 3 heteroatoms. The van der Waals surface area contributed by atoms with Crippen molar-refractivity contribution < 1.29 is 9.90 Å². The molecule has 2 aromatic carbocycles. The van der Waals surface area contributed by atoms with Crippen LogP contribution in [0.1, 0.15) is 25.3 Å². The van der Waals surface area contributed by atoms with Crippen molar-refractivity contribution in [2.24, 2.45) is 5.92 Å². The lowest BCUT2D eigenvalue weighted by atomic mass is 9.91. The highest BCUT2D eigenvalue weighted by Crippen LogP contribution is 2.26. The maximum atomic E-state index is 11.5. The molecule has 1 aliphatic heterocycles. The Morgan fingerprint density at radius 2 is 2.00 bits per heavy atom. The highest BCUT2D eigenvalue weighted by atomic mass is 16.4. The first kappa shape index (κ1) is 14.1. The van der Waals surface area contributed by atoms with E-state index in [-0.39, 0.29) is 6.04 Å². The third kappa shape index (κ3) is 2.93. The summed E-state index contributed by atoms with van der Waals surface area (Å²) >= 11 is 0. The summed E-state index contributed by atoms with van der Waals surface area (Å²) in [7, 11) is 0. The normalized spacial score (nSPS) is 23.3. The predicted molar refractivity (Wildman–Crippen MR) is 84.2 cm³/mol. The number of fused-ring (bicyclic) bond motifs is 1. The van der Waals surface area contributed by atoms with E-state index in [1.165, 1.54) is 16.3 Å². The summed E-state index contributed by atoms with van der Waals surface area (Å²) in [6.45, 7) is 3.72. The summed E-state index contributed by atoms with van der Waals surface area (Å²) in [6.07, 6.45) is 1.83. The fraction of sp³-hybridized carbons (Fsp3) is 0.389. The van der Waals surface area contributed by atoms with Gasteiger partial charge in [-0.05, 0) is 41.6 Å². The van der Waals surface area contributed by atoms with Gasteiger partial charge < -0.3 is 5.11 Å². The summed E-state index contributed by atoms with van der Waals surface area (Å²) in [5, 5.41) is 11.9.